The molecular weight excluding hydrogens is 212 g/mol. The monoisotopic (exact) mass is 232 g/mol. The largest absolute Gasteiger partial charge is 0.481 e. The molecule has 1 aromatic carbocycles. The van der Waals surface area contributed by atoms with Crippen LogP contribution >= 0.6 is 0 Å². The predicted octanol–water partition coefficient (Wildman–Crippen LogP) is 3.43. The first kappa shape index (κ1) is 12.2. The molecular formula is C15H20O2. The summed E-state index contributed by atoms with van der Waals surface area (Å²) in [7, 11) is 0. The number of rotatable bonds is 3. The van der Waals surface area contributed by atoms with Crippen LogP contribution in [0.15, 0.2) is 24.3 Å². The second-order valence-electron chi connectivity index (χ2n) is 5.25. The van der Waals surface area contributed by atoms with Crippen molar-refractivity contribution in [3.8, 4) is 0 Å². The van der Waals surface area contributed by atoms with Gasteiger partial charge in [0.15, 0.2) is 0 Å². The van der Waals surface area contributed by atoms with Gasteiger partial charge in [0.05, 0.1) is 5.92 Å². The first-order valence-corrected chi connectivity index (χ1v) is 6.43. The zero-order chi connectivity index (χ0) is 12.3. The normalized spacial score (nSPS) is 24.5. The number of hydrogen-bond donors (Lipinski definition) is 1. The number of carbonyl (C=O) groups is 1. The van der Waals surface area contributed by atoms with Crippen molar-refractivity contribution in [3.63, 3.8) is 0 Å². The van der Waals surface area contributed by atoms with Crippen LogP contribution in [0, 0.1) is 18.8 Å². The van der Waals surface area contributed by atoms with Crippen molar-refractivity contribution in [2.75, 3.05) is 0 Å². The van der Waals surface area contributed by atoms with Gasteiger partial charge < -0.3 is 5.11 Å². The van der Waals surface area contributed by atoms with Gasteiger partial charge in [0.2, 0.25) is 0 Å². The fraction of sp³-hybridized carbons (Fsp3) is 0.533. The summed E-state index contributed by atoms with van der Waals surface area (Å²) in [6.45, 7) is 2.12. The molecule has 1 saturated carbocycles. The Kier molecular flexibility index (Phi) is 3.82. The smallest absolute Gasteiger partial charge is 0.306 e. The van der Waals surface area contributed by atoms with E-state index in [1.807, 2.05) is 0 Å². The number of carboxylic acids is 1. The van der Waals surface area contributed by atoms with Crippen LogP contribution in [0.4, 0.5) is 0 Å². The maximum absolute atomic E-state index is 10.9. The first-order valence-electron chi connectivity index (χ1n) is 6.43. The van der Waals surface area contributed by atoms with Crippen LogP contribution < -0.4 is 0 Å². The highest BCUT2D eigenvalue weighted by Gasteiger charge is 2.25. The van der Waals surface area contributed by atoms with Gasteiger partial charge in [-0.05, 0) is 50.5 Å². The molecule has 0 spiro atoms. The Balaban J connectivity index is 1.88. The Morgan fingerprint density at radius 1 is 1.29 bits per heavy atom. The van der Waals surface area contributed by atoms with Crippen molar-refractivity contribution in [2.24, 2.45) is 11.8 Å². The topological polar surface area (TPSA) is 37.3 Å². The third kappa shape index (κ3) is 3.32. The van der Waals surface area contributed by atoms with Gasteiger partial charge in [0.25, 0.3) is 0 Å². The van der Waals surface area contributed by atoms with Gasteiger partial charge >= 0.3 is 5.97 Å². The van der Waals surface area contributed by atoms with Crippen molar-refractivity contribution in [1.29, 1.82) is 0 Å². The summed E-state index contributed by atoms with van der Waals surface area (Å²) in [4.78, 5) is 10.9. The predicted molar refractivity (Wildman–Crippen MR) is 68.0 cm³/mol. The molecule has 17 heavy (non-hydrogen) atoms. The first-order chi connectivity index (χ1) is 8.15. The third-order valence-corrected chi connectivity index (χ3v) is 3.80. The number of carboxylic acid groups (broad SMARTS) is 1. The molecule has 1 N–H and O–H groups in total. The maximum atomic E-state index is 10.9. The molecule has 1 aliphatic carbocycles. The Morgan fingerprint density at radius 3 is 2.59 bits per heavy atom. The summed E-state index contributed by atoms with van der Waals surface area (Å²) >= 11 is 0. The van der Waals surface area contributed by atoms with E-state index in [1.165, 1.54) is 11.1 Å². The van der Waals surface area contributed by atoms with Crippen LogP contribution in [0.2, 0.25) is 0 Å². The van der Waals surface area contributed by atoms with Crippen LogP contribution in [0.25, 0.3) is 0 Å². The second kappa shape index (κ2) is 5.35. The van der Waals surface area contributed by atoms with Gasteiger partial charge in [-0.25, -0.2) is 0 Å². The molecule has 1 fully saturated rings. The van der Waals surface area contributed by atoms with E-state index in [-0.39, 0.29) is 5.92 Å². The molecule has 0 aromatic heterocycles. The molecule has 1 aromatic rings. The van der Waals surface area contributed by atoms with Gasteiger partial charge in [-0.3, -0.25) is 4.79 Å². The molecule has 0 heterocycles. The minimum Gasteiger partial charge on any atom is -0.481 e. The maximum Gasteiger partial charge on any atom is 0.306 e. The van der Waals surface area contributed by atoms with Crippen molar-refractivity contribution in [2.45, 2.75) is 39.0 Å². The summed E-state index contributed by atoms with van der Waals surface area (Å²) in [6, 6.07) is 8.64. The van der Waals surface area contributed by atoms with E-state index in [9.17, 15) is 4.79 Å². The van der Waals surface area contributed by atoms with E-state index in [2.05, 4.69) is 31.2 Å². The van der Waals surface area contributed by atoms with Gasteiger partial charge in [0, 0.05) is 0 Å². The van der Waals surface area contributed by atoms with Crippen LogP contribution in [0.3, 0.4) is 0 Å². The van der Waals surface area contributed by atoms with E-state index >= 15 is 0 Å². The summed E-state index contributed by atoms with van der Waals surface area (Å²) in [6.07, 6.45) is 4.93. The fourth-order valence-corrected chi connectivity index (χ4v) is 2.79. The molecule has 92 valence electrons. The highest BCUT2D eigenvalue weighted by molar-refractivity contribution is 5.69. The average Bonchev–Trinajstić information content (AvgIpc) is 2.29. The molecule has 2 nitrogen and oxygen atoms in total. The van der Waals surface area contributed by atoms with E-state index in [0.29, 0.717) is 5.92 Å². The van der Waals surface area contributed by atoms with Gasteiger partial charge in [0.1, 0.15) is 0 Å². The van der Waals surface area contributed by atoms with Gasteiger partial charge in [-0.15, -0.1) is 0 Å². The summed E-state index contributed by atoms with van der Waals surface area (Å²) in [5.41, 5.74) is 2.70. The van der Waals surface area contributed by atoms with Crippen molar-refractivity contribution < 1.29 is 9.90 Å². The van der Waals surface area contributed by atoms with Crippen molar-refractivity contribution in [3.05, 3.63) is 35.4 Å². The van der Waals surface area contributed by atoms with Crippen LogP contribution in [0.1, 0.15) is 36.8 Å². The molecule has 0 atom stereocenters. The standard InChI is InChI=1S/C15H20O2/c1-11-3-2-4-13(9-11)10-12-5-7-14(8-6-12)15(16)17/h2-4,9,12,14H,5-8,10H2,1H3,(H,16,17). The van der Waals surface area contributed by atoms with E-state index in [1.54, 1.807) is 0 Å². The Bertz CT molecular complexity index is 390. The van der Waals surface area contributed by atoms with E-state index in [4.69, 9.17) is 5.11 Å². The molecule has 0 aliphatic heterocycles. The molecule has 2 heteroatoms. The van der Waals surface area contributed by atoms with Crippen molar-refractivity contribution >= 4 is 5.97 Å². The molecule has 0 bridgehead atoms. The zero-order valence-corrected chi connectivity index (χ0v) is 10.4. The fourth-order valence-electron chi connectivity index (χ4n) is 2.79. The minimum atomic E-state index is -0.612. The number of aryl methyl sites for hydroxylation is 1. The molecule has 0 unspecified atom stereocenters. The lowest BCUT2D eigenvalue weighted by Crippen LogP contribution is -2.22. The van der Waals surface area contributed by atoms with Gasteiger partial charge in [-0.2, -0.15) is 0 Å². The number of aliphatic carboxylic acids is 1. The quantitative estimate of drug-likeness (QED) is 0.867. The number of benzene rings is 1. The highest BCUT2D eigenvalue weighted by atomic mass is 16.4. The van der Waals surface area contributed by atoms with E-state index in [0.717, 1.165) is 32.1 Å². The molecule has 0 saturated heterocycles. The third-order valence-electron chi connectivity index (χ3n) is 3.80. The van der Waals surface area contributed by atoms with Crippen molar-refractivity contribution in [1.82, 2.24) is 0 Å². The SMILES string of the molecule is Cc1cccc(CC2CCC(C(=O)O)CC2)c1. The van der Waals surface area contributed by atoms with E-state index < -0.39 is 5.97 Å². The molecule has 0 radical (unpaired) electrons. The molecule has 1 aliphatic rings. The minimum absolute atomic E-state index is 0.0937. The van der Waals surface area contributed by atoms with Crippen LogP contribution in [-0.2, 0) is 11.2 Å². The molecule has 2 rings (SSSR count). The highest BCUT2D eigenvalue weighted by Crippen LogP contribution is 2.31. The lowest BCUT2D eigenvalue weighted by atomic mass is 9.79. The second-order valence-corrected chi connectivity index (χ2v) is 5.25. The Labute approximate surface area is 103 Å². The number of hydrogen-bond acceptors (Lipinski definition) is 1. The lowest BCUT2D eigenvalue weighted by molar-refractivity contribution is -0.143. The lowest BCUT2D eigenvalue weighted by Gasteiger charge is -2.26. The van der Waals surface area contributed by atoms with Gasteiger partial charge in [-0.1, -0.05) is 29.8 Å². The Morgan fingerprint density at radius 2 is 2.00 bits per heavy atom. The molecule has 0 amide bonds. The zero-order valence-electron chi connectivity index (χ0n) is 10.4. The summed E-state index contributed by atoms with van der Waals surface area (Å²) in [5, 5.41) is 8.95. The van der Waals surface area contributed by atoms with Crippen LogP contribution in [0.5, 0.6) is 0 Å². The Hall–Kier alpha value is -1.31. The summed E-state index contributed by atoms with van der Waals surface area (Å²) < 4.78 is 0. The average molecular weight is 232 g/mol. The van der Waals surface area contributed by atoms with Crippen LogP contribution in [-0.4, -0.2) is 11.1 Å². The summed E-state index contributed by atoms with van der Waals surface area (Å²) in [5.74, 6) is -0.0323.